The second kappa shape index (κ2) is 8.36. The first-order chi connectivity index (χ1) is 14.5. The Bertz CT molecular complexity index is 1080. The smallest absolute Gasteiger partial charge is 0.272 e. The zero-order valence-corrected chi connectivity index (χ0v) is 17.0. The number of rotatable bonds is 6. The normalized spacial score (nSPS) is 14.0. The number of amides is 1. The van der Waals surface area contributed by atoms with E-state index in [1.165, 1.54) is 18.2 Å². The third-order valence-electron chi connectivity index (χ3n) is 5.54. The molecule has 0 spiro atoms. The lowest BCUT2D eigenvalue weighted by Crippen LogP contribution is -2.35. The Hall–Kier alpha value is -3.06. The van der Waals surface area contributed by atoms with Crippen molar-refractivity contribution in [3.05, 3.63) is 82.7 Å². The zero-order valence-electron chi connectivity index (χ0n) is 17.0. The predicted molar refractivity (Wildman–Crippen MR) is 111 cm³/mol. The summed E-state index contributed by atoms with van der Waals surface area (Å²) < 4.78 is 29.5. The number of para-hydroxylation sites is 1. The van der Waals surface area contributed by atoms with Crippen molar-refractivity contribution in [3.8, 4) is 5.69 Å². The molecule has 1 aliphatic carbocycles. The van der Waals surface area contributed by atoms with E-state index in [1.807, 2.05) is 25.1 Å². The Morgan fingerprint density at radius 2 is 1.97 bits per heavy atom. The highest BCUT2D eigenvalue weighted by atomic mass is 19.1. The van der Waals surface area contributed by atoms with Gasteiger partial charge in [-0.2, -0.15) is 5.10 Å². The van der Waals surface area contributed by atoms with E-state index < -0.39 is 0 Å². The lowest BCUT2D eigenvalue weighted by atomic mass is 10.1. The van der Waals surface area contributed by atoms with Gasteiger partial charge in [0.1, 0.15) is 17.3 Å². The van der Waals surface area contributed by atoms with Gasteiger partial charge in [-0.25, -0.2) is 13.5 Å². The number of likely N-dealkylation sites (N-methyl/N-ethyl adjacent to an activating group) is 1. The number of hydrogen-bond donors (Lipinski definition) is 1. The van der Waals surface area contributed by atoms with Crippen LogP contribution in [0.1, 0.15) is 39.8 Å². The van der Waals surface area contributed by atoms with Crippen molar-refractivity contribution in [2.75, 3.05) is 20.6 Å². The highest BCUT2D eigenvalue weighted by molar-refractivity contribution is 5.94. The summed E-state index contributed by atoms with van der Waals surface area (Å²) in [5.74, 6) is -0.987. The van der Waals surface area contributed by atoms with Crippen LogP contribution in [0.25, 0.3) is 5.69 Å². The maximum atomic E-state index is 14.3. The highest BCUT2D eigenvalue weighted by Gasteiger charge is 2.28. The lowest BCUT2D eigenvalue weighted by Gasteiger charge is -2.25. The van der Waals surface area contributed by atoms with Crippen molar-refractivity contribution < 1.29 is 13.6 Å². The topological polar surface area (TPSA) is 50.2 Å². The number of aromatic nitrogens is 2. The molecule has 0 saturated heterocycles. The molecule has 1 atom stereocenters. The van der Waals surface area contributed by atoms with E-state index in [0.717, 1.165) is 36.1 Å². The summed E-state index contributed by atoms with van der Waals surface area (Å²) in [6, 6.07) is 12.6. The summed E-state index contributed by atoms with van der Waals surface area (Å²) in [5.41, 5.74) is 3.23. The average Bonchev–Trinajstić information content (AvgIpc) is 3.31. The Kier molecular flexibility index (Phi) is 5.63. The molecule has 4 rings (SSSR count). The van der Waals surface area contributed by atoms with Crippen molar-refractivity contribution in [2.24, 2.45) is 0 Å². The lowest BCUT2D eigenvalue weighted by molar-refractivity contribution is 0.0935. The Labute approximate surface area is 174 Å². The van der Waals surface area contributed by atoms with Crippen LogP contribution in [0.2, 0.25) is 0 Å². The molecule has 0 fully saturated rings. The van der Waals surface area contributed by atoms with E-state index in [1.54, 1.807) is 28.9 Å². The minimum Gasteiger partial charge on any atom is -0.349 e. The van der Waals surface area contributed by atoms with Crippen LogP contribution in [0.15, 0.2) is 48.5 Å². The summed E-state index contributed by atoms with van der Waals surface area (Å²) in [6.45, 7) is 0.302. The largest absolute Gasteiger partial charge is 0.349 e. The second-order valence-electron chi connectivity index (χ2n) is 7.74. The molecule has 0 saturated carbocycles. The first-order valence-corrected chi connectivity index (χ1v) is 10.0. The summed E-state index contributed by atoms with van der Waals surface area (Å²) >= 11 is 0. The second-order valence-corrected chi connectivity index (χ2v) is 7.74. The Morgan fingerprint density at radius 3 is 2.70 bits per heavy atom. The van der Waals surface area contributed by atoms with E-state index in [0.29, 0.717) is 17.9 Å². The van der Waals surface area contributed by atoms with Gasteiger partial charge in [-0.3, -0.25) is 4.79 Å². The summed E-state index contributed by atoms with van der Waals surface area (Å²) in [5, 5.41) is 7.40. The van der Waals surface area contributed by atoms with Gasteiger partial charge in [0.25, 0.3) is 5.91 Å². The maximum Gasteiger partial charge on any atom is 0.272 e. The van der Waals surface area contributed by atoms with Crippen molar-refractivity contribution in [1.82, 2.24) is 20.0 Å². The average molecular weight is 410 g/mol. The molecule has 1 aliphatic rings. The van der Waals surface area contributed by atoms with E-state index >= 15 is 0 Å². The van der Waals surface area contributed by atoms with Crippen LogP contribution in [-0.4, -0.2) is 41.2 Å². The minimum atomic E-state index is -0.375. The van der Waals surface area contributed by atoms with Crippen LogP contribution in [0, 0.1) is 11.6 Å². The number of nitrogens with zero attached hydrogens (tertiary/aromatic N) is 3. The molecule has 1 heterocycles. The summed E-state index contributed by atoms with van der Waals surface area (Å²) in [6.07, 6.45) is 2.41. The quantitative estimate of drug-likeness (QED) is 0.675. The molecule has 1 aromatic heterocycles. The third-order valence-corrected chi connectivity index (χ3v) is 5.54. The molecule has 2 aromatic carbocycles. The molecule has 3 aromatic rings. The van der Waals surface area contributed by atoms with Crippen molar-refractivity contribution in [3.63, 3.8) is 0 Å². The molecule has 0 radical (unpaired) electrons. The number of benzene rings is 2. The number of carbonyl (C=O) groups excluding carboxylic acids is 1. The van der Waals surface area contributed by atoms with E-state index in [4.69, 9.17) is 0 Å². The summed E-state index contributed by atoms with van der Waals surface area (Å²) in [4.78, 5) is 14.9. The van der Waals surface area contributed by atoms with Crippen LogP contribution >= 0.6 is 0 Å². The van der Waals surface area contributed by atoms with Gasteiger partial charge < -0.3 is 10.2 Å². The van der Waals surface area contributed by atoms with Crippen molar-refractivity contribution in [1.29, 1.82) is 0 Å². The van der Waals surface area contributed by atoms with E-state index in [-0.39, 0.29) is 23.6 Å². The van der Waals surface area contributed by atoms with Gasteiger partial charge in [0.15, 0.2) is 5.69 Å². The maximum absolute atomic E-state index is 14.3. The van der Waals surface area contributed by atoms with Crippen LogP contribution in [0.4, 0.5) is 8.78 Å². The van der Waals surface area contributed by atoms with Gasteiger partial charge in [-0.1, -0.05) is 24.3 Å². The van der Waals surface area contributed by atoms with Crippen LogP contribution in [0.5, 0.6) is 0 Å². The predicted octanol–water partition coefficient (Wildman–Crippen LogP) is 3.67. The van der Waals surface area contributed by atoms with Gasteiger partial charge in [0.05, 0.1) is 6.04 Å². The molecule has 0 bridgehead atoms. The van der Waals surface area contributed by atoms with Gasteiger partial charge in [-0.15, -0.1) is 0 Å². The molecule has 1 unspecified atom stereocenters. The van der Waals surface area contributed by atoms with E-state index in [9.17, 15) is 13.6 Å². The third kappa shape index (κ3) is 3.85. The van der Waals surface area contributed by atoms with Gasteiger partial charge >= 0.3 is 0 Å². The molecule has 7 heteroatoms. The van der Waals surface area contributed by atoms with Crippen molar-refractivity contribution >= 4 is 5.91 Å². The molecular weight excluding hydrogens is 386 g/mol. The first kappa shape index (κ1) is 20.2. The van der Waals surface area contributed by atoms with Gasteiger partial charge in [0, 0.05) is 17.8 Å². The zero-order chi connectivity index (χ0) is 21.3. The van der Waals surface area contributed by atoms with Crippen LogP contribution in [0.3, 0.4) is 0 Å². The SMILES string of the molecule is CN(C)C(CNC(=O)c1nn(-c2ccccc2F)c2c1CCC2)c1cccc(F)c1. The van der Waals surface area contributed by atoms with Crippen LogP contribution < -0.4 is 5.32 Å². The first-order valence-electron chi connectivity index (χ1n) is 10.0. The fourth-order valence-electron chi connectivity index (χ4n) is 4.03. The molecule has 1 N–H and O–H groups in total. The van der Waals surface area contributed by atoms with Gasteiger partial charge in [0.2, 0.25) is 0 Å². The number of fused-ring (bicyclic) bond motifs is 1. The minimum absolute atomic E-state index is 0.189. The number of nitrogens with one attached hydrogen (secondary N) is 1. The molecule has 156 valence electrons. The number of hydrogen-bond acceptors (Lipinski definition) is 3. The Morgan fingerprint density at radius 1 is 1.17 bits per heavy atom. The fraction of sp³-hybridized carbons (Fsp3) is 0.304. The molecule has 1 amide bonds. The standard InChI is InChI=1S/C23H24F2N4O/c1-28(2)21(15-7-5-8-16(24)13-15)14-26-23(30)22-17-9-6-12-19(17)29(27-22)20-11-4-3-10-18(20)25/h3-5,7-8,10-11,13,21H,6,9,12,14H2,1-2H3,(H,26,30). The molecular formula is C23H24F2N4O. The van der Waals surface area contributed by atoms with E-state index in [2.05, 4.69) is 10.4 Å². The van der Waals surface area contributed by atoms with Crippen molar-refractivity contribution in [2.45, 2.75) is 25.3 Å². The van der Waals surface area contributed by atoms with Gasteiger partial charge in [-0.05, 0) is 63.2 Å². The molecule has 30 heavy (non-hydrogen) atoms. The molecule has 5 nitrogen and oxygen atoms in total. The molecule has 0 aliphatic heterocycles. The number of halogens is 2. The van der Waals surface area contributed by atoms with Crippen LogP contribution in [-0.2, 0) is 12.8 Å². The number of carbonyl (C=O) groups is 1. The highest BCUT2D eigenvalue weighted by Crippen LogP contribution is 2.29. The Balaban J connectivity index is 1.58. The monoisotopic (exact) mass is 410 g/mol. The fourth-order valence-corrected chi connectivity index (χ4v) is 4.03. The summed E-state index contributed by atoms with van der Waals surface area (Å²) in [7, 11) is 3.76.